The van der Waals surface area contributed by atoms with Gasteiger partial charge in [0.15, 0.2) is 0 Å². The highest BCUT2D eigenvalue weighted by molar-refractivity contribution is 4.84. The molecule has 3 heteroatoms. The molecule has 0 aliphatic carbocycles. The summed E-state index contributed by atoms with van der Waals surface area (Å²) >= 11 is 0. The van der Waals surface area contributed by atoms with Crippen LogP contribution in [0.1, 0.15) is 33.1 Å². The molecule has 1 aliphatic rings. The van der Waals surface area contributed by atoms with Crippen molar-refractivity contribution in [3.8, 4) is 0 Å². The summed E-state index contributed by atoms with van der Waals surface area (Å²) in [5.74, 6) is 0. The van der Waals surface area contributed by atoms with Crippen LogP contribution in [0.15, 0.2) is 0 Å². The Hall–Kier alpha value is -0.120. The van der Waals surface area contributed by atoms with Gasteiger partial charge in [-0.2, -0.15) is 0 Å². The second-order valence-corrected chi connectivity index (χ2v) is 4.47. The quantitative estimate of drug-likeness (QED) is 0.657. The van der Waals surface area contributed by atoms with E-state index in [1.165, 1.54) is 19.3 Å². The maximum atomic E-state index is 5.59. The monoisotopic (exact) mass is 215 g/mol. The maximum absolute atomic E-state index is 5.59. The Kier molecular flexibility index (Phi) is 6.22. The van der Waals surface area contributed by atoms with E-state index in [1.807, 2.05) is 0 Å². The summed E-state index contributed by atoms with van der Waals surface area (Å²) < 4.78 is 11.2. The van der Waals surface area contributed by atoms with E-state index in [1.54, 1.807) is 0 Å². The zero-order valence-corrected chi connectivity index (χ0v) is 10.2. The molecule has 90 valence electrons. The van der Waals surface area contributed by atoms with Crippen molar-refractivity contribution in [1.29, 1.82) is 0 Å². The molecule has 1 aliphatic heterocycles. The van der Waals surface area contributed by atoms with E-state index < -0.39 is 0 Å². The summed E-state index contributed by atoms with van der Waals surface area (Å²) in [4.78, 5) is 0. The Bertz CT molecular complexity index is 156. The molecular weight excluding hydrogens is 190 g/mol. The lowest BCUT2D eigenvalue weighted by Gasteiger charge is -2.37. The molecule has 0 aromatic rings. The highest BCUT2D eigenvalue weighted by Crippen LogP contribution is 2.28. The minimum Gasteiger partial charge on any atom is -0.381 e. The van der Waals surface area contributed by atoms with Crippen LogP contribution >= 0.6 is 0 Å². The van der Waals surface area contributed by atoms with Crippen LogP contribution in [0.25, 0.3) is 0 Å². The van der Waals surface area contributed by atoms with Crippen molar-refractivity contribution in [1.82, 2.24) is 5.32 Å². The topological polar surface area (TPSA) is 30.5 Å². The van der Waals surface area contributed by atoms with Crippen molar-refractivity contribution in [3.05, 3.63) is 0 Å². The molecule has 0 saturated carbocycles. The normalized spacial score (nSPS) is 26.8. The molecule has 15 heavy (non-hydrogen) atoms. The Morgan fingerprint density at radius 3 is 2.87 bits per heavy atom. The SMILES string of the molecule is CCCNCC1(COCC)CCCOC1. The summed E-state index contributed by atoms with van der Waals surface area (Å²) in [6, 6.07) is 0. The Morgan fingerprint density at radius 2 is 2.27 bits per heavy atom. The fraction of sp³-hybridized carbons (Fsp3) is 1.00. The molecule has 0 amide bonds. The van der Waals surface area contributed by atoms with E-state index in [2.05, 4.69) is 19.2 Å². The third-order valence-electron chi connectivity index (χ3n) is 2.94. The van der Waals surface area contributed by atoms with Crippen LogP contribution in [-0.4, -0.2) is 39.5 Å². The lowest BCUT2D eigenvalue weighted by Crippen LogP contribution is -2.44. The molecule has 1 fully saturated rings. The second kappa shape index (κ2) is 7.20. The summed E-state index contributed by atoms with van der Waals surface area (Å²) in [6.07, 6.45) is 3.58. The van der Waals surface area contributed by atoms with Crippen LogP contribution in [0.5, 0.6) is 0 Å². The van der Waals surface area contributed by atoms with E-state index in [0.29, 0.717) is 0 Å². The van der Waals surface area contributed by atoms with E-state index in [0.717, 1.165) is 39.5 Å². The second-order valence-electron chi connectivity index (χ2n) is 4.47. The van der Waals surface area contributed by atoms with Gasteiger partial charge in [-0.25, -0.2) is 0 Å². The molecule has 1 saturated heterocycles. The number of hydrogen-bond acceptors (Lipinski definition) is 3. The largest absolute Gasteiger partial charge is 0.381 e. The molecule has 1 heterocycles. The molecule has 1 rings (SSSR count). The van der Waals surface area contributed by atoms with Crippen LogP contribution in [0, 0.1) is 5.41 Å². The predicted molar refractivity (Wildman–Crippen MR) is 62.1 cm³/mol. The van der Waals surface area contributed by atoms with Gasteiger partial charge in [0.05, 0.1) is 13.2 Å². The Balaban J connectivity index is 2.35. The Labute approximate surface area is 93.5 Å². The van der Waals surface area contributed by atoms with Gasteiger partial charge in [-0.05, 0) is 32.7 Å². The average molecular weight is 215 g/mol. The van der Waals surface area contributed by atoms with Crippen LogP contribution < -0.4 is 5.32 Å². The third-order valence-corrected chi connectivity index (χ3v) is 2.94. The zero-order chi connectivity index (χ0) is 11.0. The summed E-state index contributed by atoms with van der Waals surface area (Å²) in [5.41, 5.74) is 0.226. The number of rotatable bonds is 7. The first-order valence-corrected chi connectivity index (χ1v) is 6.19. The van der Waals surface area contributed by atoms with Gasteiger partial charge in [-0.1, -0.05) is 6.92 Å². The first-order chi connectivity index (χ1) is 7.33. The molecule has 0 spiro atoms. The number of hydrogen-bond donors (Lipinski definition) is 1. The molecule has 1 atom stereocenters. The van der Waals surface area contributed by atoms with Crippen LogP contribution in [0.4, 0.5) is 0 Å². The van der Waals surface area contributed by atoms with E-state index in [9.17, 15) is 0 Å². The van der Waals surface area contributed by atoms with Crippen molar-refractivity contribution >= 4 is 0 Å². The average Bonchev–Trinajstić information content (AvgIpc) is 2.28. The molecule has 1 unspecified atom stereocenters. The van der Waals surface area contributed by atoms with Crippen molar-refractivity contribution in [2.75, 3.05) is 39.5 Å². The predicted octanol–water partition coefficient (Wildman–Crippen LogP) is 1.82. The number of ether oxygens (including phenoxy) is 2. The van der Waals surface area contributed by atoms with Gasteiger partial charge in [-0.3, -0.25) is 0 Å². The minimum absolute atomic E-state index is 0.226. The molecule has 3 nitrogen and oxygen atoms in total. The van der Waals surface area contributed by atoms with Gasteiger partial charge in [-0.15, -0.1) is 0 Å². The van der Waals surface area contributed by atoms with Gasteiger partial charge < -0.3 is 14.8 Å². The van der Waals surface area contributed by atoms with Crippen LogP contribution in [0.2, 0.25) is 0 Å². The lowest BCUT2D eigenvalue weighted by atomic mass is 9.83. The first-order valence-electron chi connectivity index (χ1n) is 6.19. The maximum Gasteiger partial charge on any atom is 0.0556 e. The molecule has 0 bridgehead atoms. The molecule has 1 N–H and O–H groups in total. The fourth-order valence-corrected chi connectivity index (χ4v) is 2.06. The van der Waals surface area contributed by atoms with E-state index >= 15 is 0 Å². The van der Waals surface area contributed by atoms with Crippen LogP contribution in [-0.2, 0) is 9.47 Å². The summed E-state index contributed by atoms with van der Waals surface area (Å²) in [6.45, 7) is 9.77. The van der Waals surface area contributed by atoms with Gasteiger partial charge in [0.25, 0.3) is 0 Å². The highest BCUT2D eigenvalue weighted by Gasteiger charge is 2.32. The van der Waals surface area contributed by atoms with Crippen LogP contribution in [0.3, 0.4) is 0 Å². The fourth-order valence-electron chi connectivity index (χ4n) is 2.06. The summed E-state index contributed by atoms with van der Waals surface area (Å²) in [5, 5.41) is 3.49. The minimum atomic E-state index is 0.226. The van der Waals surface area contributed by atoms with Gasteiger partial charge in [0, 0.05) is 25.2 Å². The molecule has 0 aromatic heterocycles. The van der Waals surface area contributed by atoms with Gasteiger partial charge in [0.2, 0.25) is 0 Å². The highest BCUT2D eigenvalue weighted by atomic mass is 16.5. The molecule has 0 aromatic carbocycles. The Morgan fingerprint density at radius 1 is 1.40 bits per heavy atom. The zero-order valence-electron chi connectivity index (χ0n) is 10.2. The van der Waals surface area contributed by atoms with Crippen molar-refractivity contribution in [2.45, 2.75) is 33.1 Å². The third kappa shape index (κ3) is 4.49. The van der Waals surface area contributed by atoms with Crippen molar-refractivity contribution in [3.63, 3.8) is 0 Å². The molecule has 0 radical (unpaired) electrons. The molecular formula is C12H25NO2. The smallest absolute Gasteiger partial charge is 0.0556 e. The van der Waals surface area contributed by atoms with E-state index in [4.69, 9.17) is 9.47 Å². The standard InChI is InChI=1S/C12H25NO2/c1-3-7-13-9-12(10-14-4-2)6-5-8-15-11-12/h13H,3-11H2,1-2H3. The summed E-state index contributed by atoms with van der Waals surface area (Å²) in [7, 11) is 0. The number of nitrogens with one attached hydrogen (secondary N) is 1. The van der Waals surface area contributed by atoms with Gasteiger partial charge >= 0.3 is 0 Å². The van der Waals surface area contributed by atoms with Crippen molar-refractivity contribution in [2.24, 2.45) is 5.41 Å². The van der Waals surface area contributed by atoms with E-state index in [-0.39, 0.29) is 5.41 Å². The first kappa shape index (κ1) is 12.9. The van der Waals surface area contributed by atoms with Crippen molar-refractivity contribution < 1.29 is 9.47 Å². The lowest BCUT2D eigenvalue weighted by molar-refractivity contribution is -0.0557. The van der Waals surface area contributed by atoms with Gasteiger partial charge in [0.1, 0.15) is 0 Å².